The Morgan fingerprint density at radius 3 is 2.81 bits per heavy atom. The summed E-state index contributed by atoms with van der Waals surface area (Å²) in [5.74, 6) is 0.680. The molecule has 0 spiro atoms. The molecule has 0 aliphatic rings. The number of nitrogens with one attached hydrogen (secondary N) is 1. The molecule has 0 atom stereocenters. The zero-order valence-electron chi connectivity index (χ0n) is 12.3. The van der Waals surface area contributed by atoms with Crippen LogP contribution in [0.4, 0.5) is 0 Å². The smallest absolute Gasteiger partial charge is 0.178 e. The summed E-state index contributed by atoms with van der Waals surface area (Å²) < 4.78 is 0. The van der Waals surface area contributed by atoms with Crippen LogP contribution in [0.1, 0.15) is 18.2 Å². The molecule has 0 radical (unpaired) electrons. The van der Waals surface area contributed by atoms with Gasteiger partial charge in [-0.1, -0.05) is 25.1 Å². The molecule has 0 bridgehead atoms. The predicted molar refractivity (Wildman–Crippen MR) is 84.9 cm³/mol. The molecule has 4 nitrogen and oxygen atoms in total. The molecule has 1 N–H and O–H groups in total. The monoisotopic (exact) mass is 278 g/mol. The van der Waals surface area contributed by atoms with Crippen molar-refractivity contribution in [3.63, 3.8) is 0 Å². The third-order valence-electron chi connectivity index (χ3n) is 3.42. The van der Waals surface area contributed by atoms with Crippen molar-refractivity contribution in [1.82, 2.24) is 20.3 Å². The van der Waals surface area contributed by atoms with Crippen molar-refractivity contribution in [3.8, 4) is 11.5 Å². The molecule has 0 aliphatic heterocycles. The molecule has 0 unspecified atom stereocenters. The van der Waals surface area contributed by atoms with Crippen LogP contribution >= 0.6 is 0 Å². The van der Waals surface area contributed by atoms with E-state index in [2.05, 4.69) is 46.2 Å². The zero-order valence-corrected chi connectivity index (χ0v) is 12.3. The molecule has 1 aromatic carbocycles. The van der Waals surface area contributed by atoms with E-state index in [1.807, 2.05) is 24.3 Å². The third-order valence-corrected chi connectivity index (χ3v) is 3.42. The van der Waals surface area contributed by atoms with Crippen molar-refractivity contribution in [1.29, 1.82) is 0 Å². The predicted octanol–water partition coefficient (Wildman–Crippen LogP) is 3.11. The van der Waals surface area contributed by atoms with E-state index < -0.39 is 0 Å². The van der Waals surface area contributed by atoms with E-state index in [0.29, 0.717) is 5.82 Å². The van der Waals surface area contributed by atoms with E-state index in [4.69, 9.17) is 0 Å². The van der Waals surface area contributed by atoms with Gasteiger partial charge in [-0.25, -0.2) is 15.0 Å². The number of nitrogens with zero attached hydrogens (tertiary/aromatic N) is 3. The summed E-state index contributed by atoms with van der Waals surface area (Å²) in [6, 6.07) is 12.1. The van der Waals surface area contributed by atoms with Gasteiger partial charge in [-0.3, -0.25) is 0 Å². The highest BCUT2D eigenvalue weighted by atomic mass is 14.9. The lowest BCUT2D eigenvalue weighted by molar-refractivity contribution is 0.709. The molecule has 2 heterocycles. The Hall–Kier alpha value is -2.33. The summed E-state index contributed by atoms with van der Waals surface area (Å²) in [6.07, 6.45) is 1.79. The first kappa shape index (κ1) is 13.6. The number of rotatable bonds is 4. The highest BCUT2D eigenvalue weighted by molar-refractivity contribution is 5.84. The van der Waals surface area contributed by atoms with Gasteiger partial charge in [0.2, 0.25) is 0 Å². The fourth-order valence-corrected chi connectivity index (χ4v) is 2.34. The molecule has 0 aliphatic carbocycles. The van der Waals surface area contributed by atoms with Crippen LogP contribution in [0.5, 0.6) is 0 Å². The first-order chi connectivity index (χ1) is 10.3. The molecule has 0 amide bonds. The lowest BCUT2D eigenvalue weighted by Gasteiger charge is -2.07. The maximum absolute atomic E-state index is 4.68. The second-order valence-electron chi connectivity index (χ2n) is 4.99. The highest BCUT2D eigenvalue weighted by Gasteiger charge is 2.07. The van der Waals surface area contributed by atoms with E-state index in [9.17, 15) is 0 Å². The lowest BCUT2D eigenvalue weighted by atomic mass is 10.1. The molecular formula is C17H18N4. The van der Waals surface area contributed by atoms with E-state index in [1.54, 1.807) is 6.20 Å². The minimum atomic E-state index is 0.680. The quantitative estimate of drug-likeness (QED) is 0.796. The van der Waals surface area contributed by atoms with Crippen LogP contribution < -0.4 is 5.32 Å². The van der Waals surface area contributed by atoms with Crippen LogP contribution in [0.25, 0.3) is 22.4 Å². The molecule has 106 valence electrons. The van der Waals surface area contributed by atoms with Crippen molar-refractivity contribution in [2.24, 2.45) is 0 Å². The number of pyridine rings is 1. The van der Waals surface area contributed by atoms with Crippen LogP contribution in [0.2, 0.25) is 0 Å². The Morgan fingerprint density at radius 2 is 1.95 bits per heavy atom. The van der Waals surface area contributed by atoms with Crippen molar-refractivity contribution in [3.05, 3.63) is 53.9 Å². The van der Waals surface area contributed by atoms with E-state index in [0.717, 1.165) is 30.0 Å². The van der Waals surface area contributed by atoms with Crippen LogP contribution in [0, 0.1) is 6.92 Å². The highest BCUT2D eigenvalue weighted by Crippen LogP contribution is 2.22. The fourth-order valence-electron chi connectivity index (χ4n) is 2.34. The van der Waals surface area contributed by atoms with Gasteiger partial charge in [0.25, 0.3) is 0 Å². The van der Waals surface area contributed by atoms with Crippen LogP contribution in [0.15, 0.2) is 42.6 Å². The molecule has 3 aromatic rings. The molecule has 21 heavy (non-hydrogen) atoms. The van der Waals surface area contributed by atoms with Crippen molar-refractivity contribution >= 4 is 10.9 Å². The summed E-state index contributed by atoms with van der Waals surface area (Å²) in [5, 5.41) is 4.44. The number of fused-ring (bicyclic) bond motifs is 1. The van der Waals surface area contributed by atoms with Gasteiger partial charge in [-0.15, -0.1) is 0 Å². The van der Waals surface area contributed by atoms with Gasteiger partial charge in [0, 0.05) is 18.1 Å². The average Bonchev–Trinajstić information content (AvgIpc) is 2.53. The van der Waals surface area contributed by atoms with Gasteiger partial charge >= 0.3 is 0 Å². The SMILES string of the molecule is CCNCc1ccnc(-c2cc(C)c3ccccc3n2)n1. The van der Waals surface area contributed by atoms with Gasteiger partial charge in [-0.2, -0.15) is 0 Å². The normalized spacial score (nSPS) is 11.0. The first-order valence-electron chi connectivity index (χ1n) is 7.17. The summed E-state index contributed by atoms with van der Waals surface area (Å²) >= 11 is 0. The second kappa shape index (κ2) is 5.97. The van der Waals surface area contributed by atoms with Crippen molar-refractivity contribution in [2.45, 2.75) is 20.4 Å². The lowest BCUT2D eigenvalue weighted by Crippen LogP contribution is -2.13. The summed E-state index contributed by atoms with van der Waals surface area (Å²) in [4.78, 5) is 13.6. The summed E-state index contributed by atoms with van der Waals surface area (Å²) in [7, 11) is 0. The third kappa shape index (κ3) is 2.90. The Bertz CT molecular complexity index is 768. The number of hydrogen-bond donors (Lipinski definition) is 1. The van der Waals surface area contributed by atoms with Gasteiger partial charge < -0.3 is 5.32 Å². The molecule has 3 rings (SSSR count). The Kier molecular flexibility index (Phi) is 3.88. The topological polar surface area (TPSA) is 50.7 Å². The average molecular weight is 278 g/mol. The maximum atomic E-state index is 4.68. The standard InChI is InChI=1S/C17H18N4/c1-3-18-11-13-8-9-19-17(20-13)16-10-12(2)14-6-4-5-7-15(14)21-16/h4-10,18H,3,11H2,1-2H3. The summed E-state index contributed by atoms with van der Waals surface area (Å²) in [6.45, 7) is 5.84. The first-order valence-corrected chi connectivity index (χ1v) is 7.17. The van der Waals surface area contributed by atoms with Gasteiger partial charge in [0.1, 0.15) is 5.69 Å². The molecule has 4 heteroatoms. The number of para-hydroxylation sites is 1. The van der Waals surface area contributed by atoms with Crippen LogP contribution in [0.3, 0.4) is 0 Å². The minimum absolute atomic E-state index is 0.680. The summed E-state index contributed by atoms with van der Waals surface area (Å²) in [5.41, 5.74) is 3.98. The molecule has 2 aromatic heterocycles. The fraction of sp³-hybridized carbons (Fsp3) is 0.235. The second-order valence-corrected chi connectivity index (χ2v) is 4.99. The van der Waals surface area contributed by atoms with Crippen LogP contribution in [-0.2, 0) is 6.54 Å². The molecular weight excluding hydrogens is 260 g/mol. The largest absolute Gasteiger partial charge is 0.311 e. The van der Waals surface area contributed by atoms with Crippen molar-refractivity contribution < 1.29 is 0 Å². The van der Waals surface area contributed by atoms with Crippen molar-refractivity contribution in [2.75, 3.05) is 6.54 Å². The maximum Gasteiger partial charge on any atom is 0.178 e. The van der Waals surface area contributed by atoms with E-state index >= 15 is 0 Å². The number of aryl methyl sites for hydroxylation is 1. The van der Waals surface area contributed by atoms with Gasteiger partial charge in [0.05, 0.1) is 11.2 Å². The molecule has 0 fully saturated rings. The Morgan fingerprint density at radius 1 is 1.10 bits per heavy atom. The number of aromatic nitrogens is 3. The zero-order chi connectivity index (χ0) is 14.7. The van der Waals surface area contributed by atoms with Gasteiger partial charge in [0.15, 0.2) is 5.82 Å². The molecule has 0 saturated heterocycles. The minimum Gasteiger partial charge on any atom is -0.311 e. The Balaban J connectivity index is 2.04. The van der Waals surface area contributed by atoms with E-state index in [-0.39, 0.29) is 0 Å². The van der Waals surface area contributed by atoms with Crippen LogP contribution in [-0.4, -0.2) is 21.5 Å². The number of benzene rings is 1. The Labute approximate surface area is 124 Å². The van der Waals surface area contributed by atoms with Gasteiger partial charge in [-0.05, 0) is 37.2 Å². The number of hydrogen-bond acceptors (Lipinski definition) is 4. The molecule has 0 saturated carbocycles. The van der Waals surface area contributed by atoms with E-state index in [1.165, 1.54) is 10.9 Å².